The molecule has 3 N–H and O–H groups in total. The maximum absolute atomic E-state index is 5.42. The van der Waals surface area contributed by atoms with Crippen molar-refractivity contribution < 1.29 is 4.74 Å². The summed E-state index contributed by atoms with van der Waals surface area (Å²) in [6.45, 7) is 3.35. The number of nitrogens with zero attached hydrogens (tertiary/aromatic N) is 1. The molecule has 0 aliphatic heterocycles. The predicted octanol–water partition coefficient (Wildman–Crippen LogP) is 1.44. The van der Waals surface area contributed by atoms with Crippen molar-refractivity contribution in [1.82, 2.24) is 5.43 Å². The molecule has 0 saturated heterocycles. The van der Waals surface area contributed by atoms with Crippen molar-refractivity contribution in [2.24, 2.45) is 10.8 Å². The minimum atomic E-state index is 0.621. The number of nitrogens with two attached hydrogens (primary N) is 1. The van der Waals surface area contributed by atoms with Crippen molar-refractivity contribution in [2.45, 2.75) is 19.8 Å². The number of methoxy groups -OCH3 is 1. The number of ether oxygens (including phenoxy) is 1. The molecule has 4 nitrogen and oxygen atoms in total. The smallest absolute Gasteiger partial charge is 0.111 e. The number of aliphatic imine (C=N–C) groups is 1. The average molecular weight is 235 g/mol. The number of hydrazine groups is 1. The van der Waals surface area contributed by atoms with Gasteiger partial charge in [0.2, 0.25) is 0 Å². The molecule has 0 fully saturated rings. The van der Waals surface area contributed by atoms with Crippen molar-refractivity contribution in [3.05, 3.63) is 35.4 Å². The minimum absolute atomic E-state index is 0.621. The molecular formula is C13H21N3O. The molecule has 1 aromatic carbocycles. The monoisotopic (exact) mass is 235 g/mol. The molecule has 0 radical (unpaired) electrons. The minimum Gasteiger partial charge on any atom is -0.383 e. The summed E-state index contributed by atoms with van der Waals surface area (Å²) in [7, 11) is 1.66. The lowest BCUT2D eigenvalue weighted by atomic mass is 10.1. The first kappa shape index (κ1) is 13.7. The van der Waals surface area contributed by atoms with Crippen LogP contribution in [0.4, 0.5) is 0 Å². The summed E-state index contributed by atoms with van der Waals surface area (Å²) in [5.41, 5.74) is 5.21. The number of aryl methyl sites for hydroxylation is 2. The van der Waals surface area contributed by atoms with Crippen LogP contribution in [0.3, 0.4) is 0 Å². The van der Waals surface area contributed by atoms with E-state index in [2.05, 4.69) is 41.6 Å². The topological polar surface area (TPSA) is 59.6 Å². The van der Waals surface area contributed by atoms with Crippen LogP contribution in [-0.4, -0.2) is 26.1 Å². The number of hydrogen-bond donors (Lipinski definition) is 2. The van der Waals surface area contributed by atoms with Crippen LogP contribution in [0, 0.1) is 6.92 Å². The lowest BCUT2D eigenvalue weighted by molar-refractivity contribution is 0.208. The predicted molar refractivity (Wildman–Crippen MR) is 71.0 cm³/mol. The summed E-state index contributed by atoms with van der Waals surface area (Å²) in [5, 5.41) is 0. The molecule has 0 saturated carbocycles. The van der Waals surface area contributed by atoms with E-state index < -0.39 is 0 Å². The maximum Gasteiger partial charge on any atom is 0.111 e. The highest BCUT2D eigenvalue weighted by molar-refractivity contribution is 5.81. The Morgan fingerprint density at radius 1 is 1.35 bits per heavy atom. The quantitative estimate of drug-likeness (QED) is 0.258. The molecule has 0 aliphatic carbocycles. The molecule has 0 heterocycles. The van der Waals surface area contributed by atoms with Gasteiger partial charge in [-0.15, -0.1) is 0 Å². The van der Waals surface area contributed by atoms with Gasteiger partial charge in [-0.05, 0) is 18.9 Å². The highest BCUT2D eigenvalue weighted by Gasteiger charge is 1.98. The fourth-order valence-corrected chi connectivity index (χ4v) is 1.49. The van der Waals surface area contributed by atoms with E-state index in [1.807, 2.05) is 0 Å². The highest BCUT2D eigenvalue weighted by atomic mass is 16.5. The van der Waals surface area contributed by atoms with Gasteiger partial charge in [0.25, 0.3) is 0 Å². The number of hydrogen-bond acceptors (Lipinski definition) is 3. The van der Waals surface area contributed by atoms with Crippen LogP contribution < -0.4 is 11.3 Å². The first-order valence-corrected chi connectivity index (χ1v) is 5.80. The van der Waals surface area contributed by atoms with Crippen molar-refractivity contribution >= 4 is 5.84 Å². The standard InChI is InChI=1S/C13H21N3O/c1-11-3-5-12(6-4-11)7-8-13(16-14)15-9-10-17-2/h3-6H,7-10,14H2,1-2H3,(H,15,16). The molecule has 4 heteroatoms. The molecule has 0 bridgehead atoms. The zero-order valence-electron chi connectivity index (χ0n) is 10.6. The number of nitrogens with one attached hydrogen (secondary N) is 1. The lowest BCUT2D eigenvalue weighted by Crippen LogP contribution is -2.31. The number of rotatable bonds is 6. The van der Waals surface area contributed by atoms with Gasteiger partial charge in [0, 0.05) is 13.5 Å². The summed E-state index contributed by atoms with van der Waals surface area (Å²) < 4.78 is 4.94. The van der Waals surface area contributed by atoms with Crippen LogP contribution in [0.5, 0.6) is 0 Å². The molecular weight excluding hydrogens is 214 g/mol. The zero-order valence-corrected chi connectivity index (χ0v) is 10.6. The number of amidine groups is 1. The fraction of sp³-hybridized carbons (Fsp3) is 0.462. The van der Waals surface area contributed by atoms with Gasteiger partial charge in [-0.1, -0.05) is 29.8 Å². The summed E-state index contributed by atoms with van der Waals surface area (Å²) in [6.07, 6.45) is 1.76. The highest BCUT2D eigenvalue weighted by Crippen LogP contribution is 2.05. The first-order chi connectivity index (χ1) is 8.26. The molecule has 17 heavy (non-hydrogen) atoms. The van der Waals surface area contributed by atoms with Gasteiger partial charge < -0.3 is 10.2 Å². The van der Waals surface area contributed by atoms with Crippen molar-refractivity contribution in [1.29, 1.82) is 0 Å². The maximum atomic E-state index is 5.42. The second-order valence-corrected chi connectivity index (χ2v) is 3.95. The van der Waals surface area contributed by atoms with Crippen molar-refractivity contribution in [2.75, 3.05) is 20.3 Å². The Balaban J connectivity index is 2.41. The third-order valence-electron chi connectivity index (χ3n) is 2.54. The van der Waals surface area contributed by atoms with Gasteiger partial charge in [0.1, 0.15) is 5.84 Å². The van der Waals surface area contributed by atoms with Crippen molar-refractivity contribution in [3.8, 4) is 0 Å². The molecule has 0 aliphatic rings. The molecule has 0 amide bonds. The van der Waals surface area contributed by atoms with E-state index >= 15 is 0 Å². The van der Waals surface area contributed by atoms with E-state index in [-0.39, 0.29) is 0 Å². The molecule has 1 rings (SSSR count). The molecule has 0 aromatic heterocycles. The third-order valence-corrected chi connectivity index (χ3v) is 2.54. The van der Waals surface area contributed by atoms with Gasteiger partial charge in [-0.2, -0.15) is 0 Å². The van der Waals surface area contributed by atoms with Gasteiger partial charge >= 0.3 is 0 Å². The van der Waals surface area contributed by atoms with E-state index in [1.54, 1.807) is 7.11 Å². The molecule has 0 spiro atoms. The fourth-order valence-electron chi connectivity index (χ4n) is 1.49. The summed E-state index contributed by atoms with van der Waals surface area (Å²) in [5.74, 6) is 6.24. The zero-order chi connectivity index (χ0) is 12.5. The molecule has 0 atom stereocenters. The van der Waals surface area contributed by atoms with Crippen LogP contribution >= 0.6 is 0 Å². The Kier molecular flexibility index (Phi) is 6.29. The van der Waals surface area contributed by atoms with E-state index in [9.17, 15) is 0 Å². The second-order valence-electron chi connectivity index (χ2n) is 3.95. The van der Waals surface area contributed by atoms with Gasteiger partial charge in [-0.25, -0.2) is 5.84 Å². The summed E-state index contributed by atoms with van der Waals surface area (Å²) >= 11 is 0. The Hall–Kier alpha value is -1.39. The van der Waals surface area contributed by atoms with E-state index in [4.69, 9.17) is 10.6 Å². The van der Waals surface area contributed by atoms with Crippen LogP contribution in [0.25, 0.3) is 0 Å². The van der Waals surface area contributed by atoms with Crippen LogP contribution in [0.15, 0.2) is 29.3 Å². The first-order valence-electron chi connectivity index (χ1n) is 5.80. The van der Waals surface area contributed by atoms with E-state index in [1.165, 1.54) is 11.1 Å². The molecule has 94 valence electrons. The summed E-state index contributed by atoms with van der Waals surface area (Å²) in [6, 6.07) is 8.51. The Labute approximate surface area is 103 Å². The van der Waals surface area contributed by atoms with E-state index in [0.29, 0.717) is 13.2 Å². The lowest BCUT2D eigenvalue weighted by Gasteiger charge is -2.06. The van der Waals surface area contributed by atoms with Crippen LogP contribution in [0.1, 0.15) is 17.5 Å². The average Bonchev–Trinajstić information content (AvgIpc) is 2.35. The van der Waals surface area contributed by atoms with Crippen LogP contribution in [0.2, 0.25) is 0 Å². The Morgan fingerprint density at radius 3 is 2.65 bits per heavy atom. The van der Waals surface area contributed by atoms with Crippen molar-refractivity contribution in [3.63, 3.8) is 0 Å². The third kappa shape index (κ3) is 5.47. The summed E-state index contributed by atoms with van der Waals surface area (Å²) in [4.78, 5) is 4.32. The normalized spacial score (nSPS) is 11.6. The Morgan fingerprint density at radius 2 is 2.06 bits per heavy atom. The van der Waals surface area contributed by atoms with Gasteiger partial charge in [0.05, 0.1) is 13.2 Å². The van der Waals surface area contributed by atoms with Gasteiger partial charge in [0.15, 0.2) is 0 Å². The van der Waals surface area contributed by atoms with E-state index in [0.717, 1.165) is 18.7 Å². The number of benzene rings is 1. The molecule has 1 aromatic rings. The molecule has 0 unspecified atom stereocenters. The largest absolute Gasteiger partial charge is 0.383 e. The van der Waals surface area contributed by atoms with Crippen LogP contribution in [-0.2, 0) is 11.2 Å². The second kappa shape index (κ2) is 7.81. The Bertz CT molecular complexity index is 346. The van der Waals surface area contributed by atoms with Gasteiger partial charge in [-0.3, -0.25) is 4.99 Å². The SMILES string of the molecule is COCCN=C(CCc1ccc(C)cc1)NN.